The normalized spacial score (nSPS) is 17.9. The molecule has 1 saturated heterocycles. The Morgan fingerprint density at radius 3 is 2.92 bits per heavy atom. The maximum Gasteiger partial charge on any atom is 0.214 e. The average molecular weight is 355 g/mol. The van der Waals surface area contributed by atoms with E-state index in [1.807, 2.05) is 17.6 Å². The van der Waals surface area contributed by atoms with Gasteiger partial charge in [0.15, 0.2) is 0 Å². The van der Waals surface area contributed by atoms with Crippen LogP contribution < -0.4 is 9.64 Å². The van der Waals surface area contributed by atoms with Gasteiger partial charge in [0, 0.05) is 39.1 Å². The summed E-state index contributed by atoms with van der Waals surface area (Å²) in [5.41, 5.74) is 3.77. The van der Waals surface area contributed by atoms with Crippen LogP contribution in [-0.2, 0) is 13.0 Å². The molecule has 0 saturated carbocycles. The Morgan fingerprint density at radius 1 is 1.20 bits per heavy atom. The van der Waals surface area contributed by atoms with Crippen molar-refractivity contribution in [2.45, 2.75) is 19.9 Å². The maximum atomic E-state index is 5.60. The Kier molecular flexibility index (Phi) is 3.64. The summed E-state index contributed by atoms with van der Waals surface area (Å²) in [6.45, 7) is 8.01. The minimum Gasteiger partial charge on any atom is -0.493 e. The second kappa shape index (κ2) is 6.00. The van der Waals surface area contributed by atoms with Crippen LogP contribution in [0.15, 0.2) is 24.4 Å². The molecule has 5 rings (SSSR count). The molecule has 7 heteroatoms. The van der Waals surface area contributed by atoms with Crippen molar-refractivity contribution in [2.75, 3.05) is 37.7 Å². The van der Waals surface area contributed by atoms with Gasteiger partial charge in [-0.15, -0.1) is 5.10 Å². The van der Waals surface area contributed by atoms with Gasteiger partial charge in [0.2, 0.25) is 10.1 Å². The third kappa shape index (κ3) is 2.87. The van der Waals surface area contributed by atoms with Crippen LogP contribution in [0.2, 0.25) is 0 Å². The zero-order valence-corrected chi connectivity index (χ0v) is 15.1. The van der Waals surface area contributed by atoms with Crippen molar-refractivity contribution in [3.8, 4) is 5.75 Å². The van der Waals surface area contributed by atoms with E-state index in [-0.39, 0.29) is 0 Å². The van der Waals surface area contributed by atoms with Gasteiger partial charge in [0.1, 0.15) is 5.75 Å². The second-order valence-electron chi connectivity index (χ2n) is 6.80. The third-order valence-electron chi connectivity index (χ3n) is 4.96. The lowest BCUT2D eigenvalue weighted by molar-refractivity contribution is 0.249. The lowest BCUT2D eigenvalue weighted by atomic mass is 10.1. The van der Waals surface area contributed by atoms with E-state index in [1.54, 1.807) is 11.3 Å². The van der Waals surface area contributed by atoms with Crippen LogP contribution in [0.25, 0.3) is 4.96 Å². The minimum atomic E-state index is 0.828. The molecular weight excluding hydrogens is 334 g/mol. The Labute approximate surface area is 150 Å². The molecule has 1 aromatic carbocycles. The van der Waals surface area contributed by atoms with Crippen molar-refractivity contribution in [1.29, 1.82) is 0 Å². The number of nitrogens with zero attached hydrogens (tertiary/aromatic N) is 5. The SMILES string of the molecule is Cc1cn2nc(N3CCN(Cc4ccc5c(c4)CCO5)CC3)sc2n1. The highest BCUT2D eigenvalue weighted by Gasteiger charge is 2.21. The lowest BCUT2D eigenvalue weighted by Gasteiger charge is -2.34. The molecule has 0 unspecified atom stereocenters. The first-order chi connectivity index (χ1) is 12.2. The van der Waals surface area contributed by atoms with Crippen molar-refractivity contribution in [2.24, 2.45) is 0 Å². The van der Waals surface area contributed by atoms with Gasteiger partial charge in [-0.2, -0.15) is 0 Å². The number of piperazine rings is 1. The molecule has 0 aliphatic carbocycles. The van der Waals surface area contributed by atoms with Gasteiger partial charge in [-0.25, -0.2) is 9.50 Å². The van der Waals surface area contributed by atoms with E-state index in [1.165, 1.54) is 11.1 Å². The fourth-order valence-corrected chi connectivity index (χ4v) is 4.60. The van der Waals surface area contributed by atoms with Crippen LogP contribution in [0.4, 0.5) is 5.13 Å². The molecule has 25 heavy (non-hydrogen) atoms. The first-order valence-electron chi connectivity index (χ1n) is 8.79. The Morgan fingerprint density at radius 2 is 2.08 bits per heavy atom. The van der Waals surface area contributed by atoms with Crippen molar-refractivity contribution >= 4 is 21.4 Å². The minimum absolute atomic E-state index is 0.828. The standard InChI is InChI=1S/C18H21N5OS/c1-13-11-23-17(19-13)25-18(20-23)22-7-5-21(6-8-22)12-14-2-3-16-15(10-14)4-9-24-16/h2-3,10-11H,4-9,12H2,1H3. The molecule has 0 bridgehead atoms. The lowest BCUT2D eigenvalue weighted by Crippen LogP contribution is -2.46. The number of fused-ring (bicyclic) bond motifs is 2. The first-order valence-corrected chi connectivity index (χ1v) is 9.61. The molecule has 1 fully saturated rings. The largest absolute Gasteiger partial charge is 0.493 e. The van der Waals surface area contributed by atoms with Gasteiger partial charge >= 0.3 is 0 Å². The van der Waals surface area contributed by atoms with E-state index in [0.29, 0.717) is 0 Å². The Balaban J connectivity index is 1.22. The number of imidazole rings is 1. The smallest absolute Gasteiger partial charge is 0.214 e. The van der Waals surface area contributed by atoms with E-state index in [9.17, 15) is 0 Å². The number of hydrogen-bond donors (Lipinski definition) is 0. The van der Waals surface area contributed by atoms with Crippen LogP contribution >= 0.6 is 11.3 Å². The molecule has 0 spiro atoms. The van der Waals surface area contributed by atoms with Gasteiger partial charge in [0.05, 0.1) is 18.5 Å². The summed E-state index contributed by atoms with van der Waals surface area (Å²) in [4.78, 5) is 10.4. The third-order valence-corrected chi connectivity index (χ3v) is 5.94. The fraction of sp³-hybridized carbons (Fsp3) is 0.444. The Hall–Kier alpha value is -2.12. The molecule has 0 N–H and O–H groups in total. The summed E-state index contributed by atoms with van der Waals surface area (Å²) >= 11 is 1.68. The highest BCUT2D eigenvalue weighted by molar-refractivity contribution is 7.20. The van der Waals surface area contributed by atoms with Gasteiger partial charge in [-0.3, -0.25) is 4.90 Å². The van der Waals surface area contributed by atoms with Gasteiger partial charge in [-0.1, -0.05) is 23.5 Å². The number of aryl methyl sites for hydroxylation is 1. The number of hydrogen-bond acceptors (Lipinski definition) is 6. The van der Waals surface area contributed by atoms with Crippen molar-refractivity contribution in [1.82, 2.24) is 19.5 Å². The summed E-state index contributed by atoms with van der Waals surface area (Å²) in [5, 5.41) is 5.75. The molecular formula is C18H21N5OS. The summed E-state index contributed by atoms with van der Waals surface area (Å²) in [6, 6.07) is 6.64. The summed E-state index contributed by atoms with van der Waals surface area (Å²) in [7, 11) is 0. The molecule has 130 valence electrons. The van der Waals surface area contributed by atoms with Gasteiger partial charge < -0.3 is 9.64 Å². The highest BCUT2D eigenvalue weighted by Crippen LogP contribution is 2.27. The molecule has 4 heterocycles. The number of rotatable bonds is 3. The second-order valence-corrected chi connectivity index (χ2v) is 7.73. The summed E-state index contributed by atoms with van der Waals surface area (Å²) in [5.74, 6) is 1.07. The molecule has 6 nitrogen and oxygen atoms in total. The summed E-state index contributed by atoms with van der Waals surface area (Å²) in [6.07, 6.45) is 3.03. The van der Waals surface area contributed by atoms with Crippen LogP contribution in [0.3, 0.4) is 0 Å². The van der Waals surface area contributed by atoms with E-state index < -0.39 is 0 Å². The molecule has 2 aliphatic rings. The van der Waals surface area contributed by atoms with E-state index in [2.05, 4.69) is 38.1 Å². The van der Waals surface area contributed by atoms with Crippen LogP contribution in [0, 0.1) is 6.92 Å². The average Bonchev–Trinajstić information content (AvgIpc) is 3.29. The first kappa shape index (κ1) is 15.2. The number of ether oxygens (including phenoxy) is 1. The quantitative estimate of drug-likeness (QED) is 0.722. The van der Waals surface area contributed by atoms with Gasteiger partial charge in [-0.05, 0) is 24.1 Å². The predicted molar refractivity (Wildman–Crippen MR) is 98.7 cm³/mol. The number of benzene rings is 1. The molecule has 0 amide bonds. The molecule has 3 aromatic rings. The van der Waals surface area contributed by atoms with Gasteiger partial charge in [0.25, 0.3) is 0 Å². The predicted octanol–water partition coefficient (Wildman–Crippen LogP) is 2.36. The van der Waals surface area contributed by atoms with E-state index >= 15 is 0 Å². The molecule has 0 radical (unpaired) electrons. The van der Waals surface area contributed by atoms with Crippen LogP contribution in [-0.4, -0.2) is 52.3 Å². The van der Waals surface area contributed by atoms with Crippen LogP contribution in [0.5, 0.6) is 5.75 Å². The zero-order valence-electron chi connectivity index (χ0n) is 14.3. The topological polar surface area (TPSA) is 45.9 Å². The van der Waals surface area contributed by atoms with E-state index in [4.69, 9.17) is 4.74 Å². The zero-order chi connectivity index (χ0) is 16.8. The Bertz CT molecular complexity index is 878. The molecule has 2 aromatic heterocycles. The maximum absolute atomic E-state index is 5.60. The van der Waals surface area contributed by atoms with Crippen molar-refractivity contribution < 1.29 is 4.74 Å². The summed E-state index contributed by atoms with van der Waals surface area (Å²) < 4.78 is 7.50. The number of anilines is 1. The number of aromatic nitrogens is 3. The monoisotopic (exact) mass is 355 g/mol. The van der Waals surface area contributed by atoms with E-state index in [0.717, 1.165) is 67.3 Å². The molecule has 0 atom stereocenters. The van der Waals surface area contributed by atoms with Crippen molar-refractivity contribution in [3.05, 3.63) is 41.2 Å². The van der Waals surface area contributed by atoms with Crippen molar-refractivity contribution in [3.63, 3.8) is 0 Å². The fourth-order valence-electron chi connectivity index (χ4n) is 3.62. The molecule has 2 aliphatic heterocycles. The van der Waals surface area contributed by atoms with Crippen LogP contribution in [0.1, 0.15) is 16.8 Å². The highest BCUT2D eigenvalue weighted by atomic mass is 32.1.